The van der Waals surface area contributed by atoms with Crippen molar-refractivity contribution in [2.75, 3.05) is 7.11 Å². The first-order chi connectivity index (χ1) is 13.1. The van der Waals surface area contributed by atoms with Gasteiger partial charge in [0.05, 0.1) is 17.3 Å². The van der Waals surface area contributed by atoms with Crippen molar-refractivity contribution in [2.24, 2.45) is 4.99 Å². The number of rotatable bonds is 6. The van der Waals surface area contributed by atoms with E-state index in [4.69, 9.17) is 4.74 Å². The molecule has 0 spiro atoms. The lowest BCUT2D eigenvalue weighted by atomic mass is 10.1. The van der Waals surface area contributed by atoms with E-state index in [1.807, 2.05) is 43.3 Å². The molecular weight excluding hydrogens is 360 g/mol. The van der Waals surface area contributed by atoms with E-state index in [0.29, 0.717) is 11.2 Å². The maximum absolute atomic E-state index is 12.4. The van der Waals surface area contributed by atoms with Crippen LogP contribution in [0.25, 0.3) is 10.2 Å². The molecule has 1 heterocycles. The summed E-state index contributed by atoms with van der Waals surface area (Å²) >= 11 is 1.42. The van der Waals surface area contributed by atoms with Gasteiger partial charge in [0.2, 0.25) is 5.91 Å². The Morgan fingerprint density at radius 1 is 1.15 bits per heavy atom. The van der Waals surface area contributed by atoms with Crippen molar-refractivity contribution < 1.29 is 14.3 Å². The van der Waals surface area contributed by atoms with E-state index in [2.05, 4.69) is 17.1 Å². The summed E-state index contributed by atoms with van der Waals surface area (Å²) in [7, 11) is 1.35. The van der Waals surface area contributed by atoms with Crippen LogP contribution in [-0.4, -0.2) is 23.6 Å². The Bertz CT molecular complexity index is 1020. The summed E-state index contributed by atoms with van der Waals surface area (Å²) in [5.41, 5.74) is 3.21. The lowest BCUT2D eigenvalue weighted by Gasteiger charge is -2.04. The Balaban J connectivity index is 1.81. The highest BCUT2D eigenvalue weighted by atomic mass is 32.1. The smallest absolute Gasteiger partial charge is 0.325 e. The van der Waals surface area contributed by atoms with Gasteiger partial charge in [-0.25, -0.2) is 0 Å². The Kier molecular flexibility index (Phi) is 6.19. The number of aryl methyl sites for hydroxylation is 2. The van der Waals surface area contributed by atoms with Crippen molar-refractivity contribution in [3.63, 3.8) is 0 Å². The molecule has 1 aromatic heterocycles. The van der Waals surface area contributed by atoms with Crippen molar-refractivity contribution in [3.8, 4) is 0 Å². The lowest BCUT2D eigenvalue weighted by molar-refractivity contribution is -0.141. The monoisotopic (exact) mass is 382 g/mol. The van der Waals surface area contributed by atoms with Crippen molar-refractivity contribution in [1.29, 1.82) is 0 Å². The Hall–Kier alpha value is -2.73. The van der Waals surface area contributed by atoms with E-state index in [1.54, 1.807) is 4.57 Å². The van der Waals surface area contributed by atoms with Gasteiger partial charge >= 0.3 is 5.97 Å². The fourth-order valence-electron chi connectivity index (χ4n) is 2.86. The zero-order valence-electron chi connectivity index (χ0n) is 15.5. The number of methoxy groups -OCH3 is 1. The van der Waals surface area contributed by atoms with Crippen LogP contribution >= 0.6 is 11.3 Å². The largest absolute Gasteiger partial charge is 0.468 e. The summed E-state index contributed by atoms with van der Waals surface area (Å²) in [5, 5.41) is 0. The highest BCUT2D eigenvalue weighted by Gasteiger charge is 2.12. The fraction of sp³-hybridized carbons (Fsp3) is 0.286. The molecule has 140 valence electrons. The third kappa shape index (κ3) is 4.92. The van der Waals surface area contributed by atoms with Crippen LogP contribution in [0, 0.1) is 6.92 Å². The molecule has 1 amide bonds. The molecule has 0 saturated heterocycles. The van der Waals surface area contributed by atoms with Gasteiger partial charge in [-0.1, -0.05) is 47.7 Å². The van der Waals surface area contributed by atoms with Gasteiger partial charge < -0.3 is 9.30 Å². The molecule has 0 N–H and O–H groups in total. The minimum absolute atomic E-state index is 0.0374. The van der Waals surface area contributed by atoms with Crippen LogP contribution in [0.1, 0.15) is 24.0 Å². The molecule has 0 unspecified atom stereocenters. The number of benzene rings is 2. The molecule has 0 fully saturated rings. The van der Waals surface area contributed by atoms with Gasteiger partial charge in [0.25, 0.3) is 0 Å². The van der Waals surface area contributed by atoms with Crippen LogP contribution in [0.15, 0.2) is 53.5 Å². The molecule has 0 aliphatic heterocycles. The summed E-state index contributed by atoms with van der Waals surface area (Å²) in [4.78, 5) is 29.0. The topological polar surface area (TPSA) is 60.7 Å². The van der Waals surface area contributed by atoms with E-state index in [-0.39, 0.29) is 18.4 Å². The van der Waals surface area contributed by atoms with Crippen LogP contribution in [0.2, 0.25) is 0 Å². The molecule has 27 heavy (non-hydrogen) atoms. The van der Waals surface area contributed by atoms with Gasteiger partial charge in [-0.15, -0.1) is 0 Å². The third-order valence-electron chi connectivity index (χ3n) is 4.27. The number of aromatic nitrogens is 1. The van der Waals surface area contributed by atoms with Gasteiger partial charge in [0.15, 0.2) is 4.80 Å². The molecule has 6 heteroatoms. The van der Waals surface area contributed by atoms with Crippen LogP contribution in [0.3, 0.4) is 0 Å². The van der Waals surface area contributed by atoms with Gasteiger partial charge in [0.1, 0.15) is 6.54 Å². The highest BCUT2D eigenvalue weighted by Crippen LogP contribution is 2.19. The average Bonchev–Trinajstić information content (AvgIpc) is 2.98. The molecule has 0 bridgehead atoms. The molecule has 0 atom stereocenters. The number of thiazole rings is 1. The Labute approximate surface area is 161 Å². The number of amides is 1. The van der Waals surface area contributed by atoms with E-state index in [9.17, 15) is 9.59 Å². The number of ether oxygens (including phenoxy) is 1. The number of nitrogens with zero attached hydrogens (tertiary/aromatic N) is 2. The second-order valence-corrected chi connectivity index (χ2v) is 7.37. The lowest BCUT2D eigenvalue weighted by Crippen LogP contribution is -2.22. The normalized spacial score (nSPS) is 11.7. The van der Waals surface area contributed by atoms with Crippen LogP contribution in [0.5, 0.6) is 0 Å². The molecular formula is C21H22N2O3S. The third-order valence-corrected chi connectivity index (χ3v) is 5.31. The quantitative estimate of drug-likeness (QED) is 0.612. The van der Waals surface area contributed by atoms with Crippen molar-refractivity contribution in [2.45, 2.75) is 32.7 Å². The molecule has 0 aliphatic carbocycles. The summed E-state index contributed by atoms with van der Waals surface area (Å²) < 4.78 is 7.53. The standard InChI is InChI=1S/C21H22N2O3S/c1-15-11-12-17-18(13-15)27-21(23(17)14-20(25)26-2)22-19(24)10-6-9-16-7-4-3-5-8-16/h3-5,7-8,11-13H,6,9-10,14H2,1-2H3. The molecule has 3 rings (SSSR count). The number of carbonyl (C=O) groups is 2. The van der Waals surface area contributed by atoms with Crippen LogP contribution in [-0.2, 0) is 27.3 Å². The first kappa shape index (κ1) is 19.0. The zero-order chi connectivity index (χ0) is 19.2. The minimum Gasteiger partial charge on any atom is -0.468 e. The zero-order valence-corrected chi connectivity index (χ0v) is 16.3. The predicted octanol–water partition coefficient (Wildman–Crippen LogP) is 3.63. The Morgan fingerprint density at radius 2 is 1.93 bits per heavy atom. The number of carbonyl (C=O) groups excluding carboxylic acids is 2. The summed E-state index contributed by atoms with van der Waals surface area (Å²) in [6.07, 6.45) is 1.96. The van der Waals surface area contributed by atoms with E-state index >= 15 is 0 Å². The highest BCUT2D eigenvalue weighted by molar-refractivity contribution is 7.16. The van der Waals surface area contributed by atoms with Gasteiger partial charge in [-0.05, 0) is 43.0 Å². The predicted molar refractivity (Wildman–Crippen MR) is 107 cm³/mol. The van der Waals surface area contributed by atoms with Gasteiger partial charge in [-0.3, -0.25) is 9.59 Å². The summed E-state index contributed by atoms with van der Waals surface area (Å²) in [6.45, 7) is 2.05. The summed E-state index contributed by atoms with van der Waals surface area (Å²) in [5.74, 6) is -0.541. The number of fused-ring (bicyclic) bond motifs is 1. The SMILES string of the molecule is COC(=O)Cn1c(=NC(=O)CCCc2ccccc2)sc2cc(C)ccc21. The van der Waals surface area contributed by atoms with E-state index in [0.717, 1.165) is 28.6 Å². The number of esters is 1. The number of hydrogen-bond donors (Lipinski definition) is 0. The first-order valence-electron chi connectivity index (χ1n) is 8.85. The van der Waals surface area contributed by atoms with Crippen molar-refractivity contribution in [3.05, 3.63) is 64.5 Å². The molecule has 5 nitrogen and oxygen atoms in total. The maximum Gasteiger partial charge on any atom is 0.325 e. The van der Waals surface area contributed by atoms with Crippen LogP contribution < -0.4 is 4.80 Å². The van der Waals surface area contributed by atoms with Crippen molar-refractivity contribution >= 4 is 33.4 Å². The number of hydrogen-bond acceptors (Lipinski definition) is 4. The Morgan fingerprint density at radius 3 is 2.67 bits per heavy atom. The van der Waals surface area contributed by atoms with Crippen molar-refractivity contribution in [1.82, 2.24) is 4.57 Å². The van der Waals surface area contributed by atoms with Gasteiger partial charge in [-0.2, -0.15) is 4.99 Å². The molecule has 0 radical (unpaired) electrons. The van der Waals surface area contributed by atoms with Gasteiger partial charge in [0, 0.05) is 6.42 Å². The fourth-order valence-corrected chi connectivity index (χ4v) is 4.01. The minimum atomic E-state index is -0.367. The molecule has 3 aromatic rings. The van der Waals surface area contributed by atoms with E-state index in [1.165, 1.54) is 24.0 Å². The summed E-state index contributed by atoms with van der Waals surface area (Å²) in [6, 6.07) is 16.0. The average molecular weight is 382 g/mol. The molecule has 0 saturated carbocycles. The second kappa shape index (κ2) is 8.77. The maximum atomic E-state index is 12.4. The molecule has 0 aliphatic rings. The second-order valence-electron chi connectivity index (χ2n) is 6.36. The molecule has 2 aromatic carbocycles. The van der Waals surface area contributed by atoms with E-state index < -0.39 is 0 Å². The first-order valence-corrected chi connectivity index (χ1v) is 9.67. The van der Waals surface area contributed by atoms with Crippen LogP contribution in [0.4, 0.5) is 0 Å².